The van der Waals surface area contributed by atoms with Gasteiger partial charge in [-0.15, -0.1) is 0 Å². The van der Waals surface area contributed by atoms with Gasteiger partial charge in [-0.3, -0.25) is 19.3 Å². The largest absolute Gasteiger partial charge is 0.468 e. The molecule has 0 fully saturated rings. The Bertz CT molecular complexity index is 595. The number of thioether (sulfide) groups is 1. The molecule has 6 heteroatoms. The second kappa shape index (κ2) is 9.47. The van der Waals surface area contributed by atoms with E-state index in [0.717, 1.165) is 29.3 Å². The van der Waals surface area contributed by atoms with Gasteiger partial charge in [-0.25, -0.2) is 0 Å². The first-order valence-electron chi connectivity index (χ1n) is 7.91. The normalized spacial score (nSPS) is 11.7. The number of carbonyl (C=O) groups excluding carboxylic acids is 3. The molecule has 1 aromatic carbocycles. The summed E-state index contributed by atoms with van der Waals surface area (Å²) < 4.78 is 4.71. The number of methoxy groups -OCH3 is 1. The lowest BCUT2D eigenvalue weighted by Crippen LogP contribution is -2.38. The lowest BCUT2D eigenvalue weighted by Gasteiger charge is -2.25. The summed E-state index contributed by atoms with van der Waals surface area (Å²) in [5.41, 5.74) is 2.49. The molecular weight excluding hydrogens is 326 g/mol. The van der Waals surface area contributed by atoms with Crippen molar-refractivity contribution in [2.24, 2.45) is 5.92 Å². The van der Waals surface area contributed by atoms with Crippen LogP contribution in [-0.4, -0.2) is 36.4 Å². The summed E-state index contributed by atoms with van der Waals surface area (Å²) in [5, 5.41) is -0.00891. The molecule has 0 spiro atoms. The van der Waals surface area contributed by atoms with Crippen molar-refractivity contribution >= 4 is 34.4 Å². The quantitative estimate of drug-likeness (QED) is 0.706. The van der Waals surface area contributed by atoms with Gasteiger partial charge in [-0.05, 0) is 31.4 Å². The van der Waals surface area contributed by atoms with Crippen LogP contribution >= 0.6 is 11.8 Å². The molecule has 0 bridgehead atoms. The number of aryl methyl sites for hydroxylation is 2. The van der Waals surface area contributed by atoms with Crippen LogP contribution in [0.2, 0.25) is 0 Å². The fourth-order valence-electron chi connectivity index (χ4n) is 2.24. The topological polar surface area (TPSA) is 63.7 Å². The third-order valence-corrected chi connectivity index (χ3v) is 4.96. The van der Waals surface area contributed by atoms with E-state index in [9.17, 15) is 14.4 Å². The van der Waals surface area contributed by atoms with Gasteiger partial charge in [0.05, 0.1) is 18.6 Å². The highest BCUT2D eigenvalue weighted by Gasteiger charge is 2.24. The zero-order chi connectivity index (χ0) is 18.3. The fourth-order valence-corrected chi connectivity index (χ4v) is 3.11. The molecule has 1 amide bonds. The molecule has 1 unspecified atom stereocenters. The number of esters is 1. The predicted octanol–water partition coefficient (Wildman–Crippen LogP) is 3.12. The van der Waals surface area contributed by atoms with E-state index >= 15 is 0 Å². The molecule has 1 atom stereocenters. The Balaban J connectivity index is 3.00. The highest BCUT2D eigenvalue weighted by atomic mass is 32.2. The molecule has 0 heterocycles. The zero-order valence-electron chi connectivity index (χ0n) is 14.9. The molecule has 0 N–H and O–H groups in total. The van der Waals surface area contributed by atoms with Crippen LogP contribution in [0.1, 0.15) is 31.4 Å². The zero-order valence-corrected chi connectivity index (χ0v) is 15.7. The third-order valence-electron chi connectivity index (χ3n) is 3.88. The SMILES string of the molecule is CCC(C)C(=O)SCC(=O)N(CC(=O)OC)c1c(C)cccc1C. The van der Waals surface area contributed by atoms with E-state index in [-0.39, 0.29) is 29.2 Å². The molecule has 0 aliphatic heterocycles. The van der Waals surface area contributed by atoms with E-state index in [1.165, 1.54) is 12.0 Å². The molecule has 0 aliphatic carbocycles. The number of amides is 1. The Morgan fingerprint density at radius 1 is 1.21 bits per heavy atom. The lowest BCUT2D eigenvalue weighted by atomic mass is 10.1. The van der Waals surface area contributed by atoms with E-state index in [2.05, 4.69) is 0 Å². The van der Waals surface area contributed by atoms with Crippen LogP contribution in [0.4, 0.5) is 5.69 Å². The van der Waals surface area contributed by atoms with Crippen molar-refractivity contribution in [3.05, 3.63) is 29.3 Å². The number of rotatable bonds is 7. The van der Waals surface area contributed by atoms with Crippen LogP contribution in [-0.2, 0) is 19.1 Å². The standard InChI is InChI=1S/C18H25NO4S/c1-6-12(2)18(22)24-11-15(20)19(10-16(21)23-5)17-13(3)8-7-9-14(17)4/h7-9,12H,6,10-11H2,1-5H3. The van der Waals surface area contributed by atoms with E-state index < -0.39 is 5.97 Å². The molecule has 132 valence electrons. The first kappa shape index (κ1) is 20.2. The predicted molar refractivity (Wildman–Crippen MR) is 97.2 cm³/mol. The molecule has 24 heavy (non-hydrogen) atoms. The number of benzene rings is 1. The maximum absolute atomic E-state index is 12.7. The minimum Gasteiger partial charge on any atom is -0.468 e. The molecule has 0 saturated heterocycles. The smallest absolute Gasteiger partial charge is 0.325 e. The second-order valence-electron chi connectivity index (χ2n) is 5.71. The molecule has 0 saturated carbocycles. The molecule has 0 aliphatic rings. The van der Waals surface area contributed by atoms with Gasteiger partial charge in [0.2, 0.25) is 5.91 Å². The van der Waals surface area contributed by atoms with Crippen molar-refractivity contribution in [3.8, 4) is 0 Å². The van der Waals surface area contributed by atoms with Crippen LogP contribution < -0.4 is 4.90 Å². The number of carbonyl (C=O) groups is 3. The molecule has 1 aromatic rings. The number of nitrogens with zero attached hydrogens (tertiary/aromatic N) is 1. The minimum atomic E-state index is -0.496. The minimum absolute atomic E-state index is 0.00788. The maximum atomic E-state index is 12.7. The van der Waals surface area contributed by atoms with Gasteiger partial charge in [-0.2, -0.15) is 0 Å². The number of anilines is 1. The van der Waals surface area contributed by atoms with Gasteiger partial charge in [0, 0.05) is 5.92 Å². The van der Waals surface area contributed by atoms with Crippen molar-refractivity contribution in [2.45, 2.75) is 34.1 Å². The first-order valence-corrected chi connectivity index (χ1v) is 8.90. The Hall–Kier alpha value is -1.82. The summed E-state index contributed by atoms with van der Waals surface area (Å²) in [7, 11) is 1.29. The van der Waals surface area contributed by atoms with Gasteiger partial charge < -0.3 is 4.74 Å². The summed E-state index contributed by atoms with van der Waals surface area (Å²) in [6.07, 6.45) is 0.739. The van der Waals surface area contributed by atoms with Crippen LogP contribution in [0.15, 0.2) is 18.2 Å². The third kappa shape index (κ3) is 5.37. The molecule has 1 rings (SSSR count). The Kier molecular flexibility index (Phi) is 7.98. The Labute approximate surface area is 147 Å². The van der Waals surface area contributed by atoms with Crippen LogP contribution in [0.3, 0.4) is 0 Å². The van der Waals surface area contributed by atoms with Gasteiger partial charge in [-0.1, -0.05) is 43.8 Å². The van der Waals surface area contributed by atoms with E-state index in [1.54, 1.807) is 0 Å². The van der Waals surface area contributed by atoms with Gasteiger partial charge in [0.1, 0.15) is 6.54 Å². The Morgan fingerprint density at radius 3 is 2.29 bits per heavy atom. The summed E-state index contributed by atoms with van der Waals surface area (Å²) in [4.78, 5) is 37.7. The van der Waals surface area contributed by atoms with Gasteiger partial charge in [0.15, 0.2) is 5.12 Å². The molecule has 0 radical (unpaired) electrons. The average Bonchev–Trinajstić information content (AvgIpc) is 2.57. The average molecular weight is 351 g/mol. The molecule has 0 aromatic heterocycles. The van der Waals surface area contributed by atoms with Crippen LogP contribution in [0.5, 0.6) is 0 Å². The summed E-state index contributed by atoms with van der Waals surface area (Å²) in [5.74, 6) is -0.853. The number of hydrogen-bond donors (Lipinski definition) is 0. The summed E-state index contributed by atoms with van der Waals surface area (Å²) >= 11 is 1.00. The van der Waals surface area contributed by atoms with E-state index in [0.29, 0.717) is 5.69 Å². The fraction of sp³-hybridized carbons (Fsp3) is 0.500. The maximum Gasteiger partial charge on any atom is 0.325 e. The van der Waals surface area contributed by atoms with Crippen molar-refractivity contribution in [2.75, 3.05) is 24.3 Å². The van der Waals surface area contributed by atoms with Crippen LogP contribution in [0, 0.1) is 19.8 Å². The van der Waals surface area contributed by atoms with Crippen molar-refractivity contribution in [3.63, 3.8) is 0 Å². The van der Waals surface area contributed by atoms with E-state index in [1.807, 2.05) is 45.9 Å². The molecular formula is C18H25NO4S. The number of hydrogen-bond acceptors (Lipinski definition) is 5. The number of ether oxygens (including phenoxy) is 1. The monoisotopic (exact) mass is 351 g/mol. The Morgan fingerprint density at radius 2 is 1.79 bits per heavy atom. The highest BCUT2D eigenvalue weighted by molar-refractivity contribution is 8.14. The first-order chi connectivity index (χ1) is 11.3. The highest BCUT2D eigenvalue weighted by Crippen LogP contribution is 2.26. The molecule has 5 nitrogen and oxygen atoms in total. The second-order valence-corrected chi connectivity index (χ2v) is 6.69. The van der Waals surface area contributed by atoms with Gasteiger partial charge in [0.25, 0.3) is 0 Å². The van der Waals surface area contributed by atoms with E-state index in [4.69, 9.17) is 4.74 Å². The van der Waals surface area contributed by atoms with Crippen LogP contribution in [0.25, 0.3) is 0 Å². The number of para-hydroxylation sites is 1. The van der Waals surface area contributed by atoms with Gasteiger partial charge >= 0.3 is 5.97 Å². The van der Waals surface area contributed by atoms with Crippen molar-refractivity contribution < 1.29 is 19.1 Å². The van der Waals surface area contributed by atoms with Crippen molar-refractivity contribution in [1.29, 1.82) is 0 Å². The summed E-state index contributed by atoms with van der Waals surface area (Å²) in [6.45, 7) is 7.39. The van der Waals surface area contributed by atoms with Crippen molar-refractivity contribution in [1.82, 2.24) is 0 Å². The lowest BCUT2D eigenvalue weighted by molar-refractivity contribution is -0.139. The summed E-state index contributed by atoms with van der Waals surface area (Å²) in [6, 6.07) is 5.67.